The molecule has 1 atom stereocenters. The van der Waals surface area contributed by atoms with Crippen molar-refractivity contribution in [1.29, 1.82) is 0 Å². The Morgan fingerprint density at radius 3 is 2.74 bits per heavy atom. The van der Waals surface area contributed by atoms with E-state index in [4.69, 9.17) is 10.5 Å². The van der Waals surface area contributed by atoms with Crippen LogP contribution < -0.4 is 5.73 Å². The van der Waals surface area contributed by atoms with Crippen LogP contribution in [0.1, 0.15) is 20.8 Å². The van der Waals surface area contributed by atoms with Gasteiger partial charge in [0.2, 0.25) is 0 Å². The summed E-state index contributed by atoms with van der Waals surface area (Å²) >= 11 is 0. The number of rotatable bonds is 4. The first-order valence-corrected chi connectivity index (χ1v) is 7.47. The molecule has 0 fully saturated rings. The zero-order valence-corrected chi connectivity index (χ0v) is 14.0. The average molecular weight is 312 g/mol. The molecule has 1 aliphatic rings. The van der Waals surface area contributed by atoms with E-state index in [0.717, 1.165) is 5.57 Å². The SMILES string of the molecule is C=C/C(C#CC1=CC=CC(C(=O)OCC)C=C1)=N\C(=C)N.CC. The molecule has 0 spiro atoms. The normalized spacial score (nSPS) is 15.9. The summed E-state index contributed by atoms with van der Waals surface area (Å²) in [4.78, 5) is 15.6. The minimum atomic E-state index is -0.392. The number of carbonyl (C=O) groups is 1. The number of nitrogens with zero attached hydrogens (tertiary/aromatic N) is 1. The minimum Gasteiger partial charge on any atom is -0.465 e. The number of aliphatic imine (C=N–C) groups is 1. The molecule has 0 bridgehead atoms. The van der Waals surface area contributed by atoms with Gasteiger partial charge in [0.05, 0.1) is 12.5 Å². The summed E-state index contributed by atoms with van der Waals surface area (Å²) in [6.07, 6.45) is 10.4. The maximum Gasteiger partial charge on any atom is 0.316 e. The summed E-state index contributed by atoms with van der Waals surface area (Å²) in [7, 11) is 0. The van der Waals surface area contributed by atoms with E-state index in [2.05, 4.69) is 30.0 Å². The molecule has 122 valence electrons. The Balaban J connectivity index is 0.00000232. The predicted octanol–water partition coefficient (Wildman–Crippen LogP) is 3.30. The van der Waals surface area contributed by atoms with Gasteiger partial charge in [0.1, 0.15) is 11.5 Å². The molecule has 1 aliphatic carbocycles. The number of esters is 1. The summed E-state index contributed by atoms with van der Waals surface area (Å²) in [5.74, 6) is 5.27. The summed E-state index contributed by atoms with van der Waals surface area (Å²) in [6.45, 7) is 13.2. The van der Waals surface area contributed by atoms with Crippen LogP contribution in [0.5, 0.6) is 0 Å². The van der Waals surface area contributed by atoms with Crippen molar-refractivity contribution in [3.8, 4) is 11.8 Å². The van der Waals surface area contributed by atoms with Crippen LogP contribution in [0.15, 0.2) is 66.0 Å². The predicted molar refractivity (Wildman–Crippen MR) is 96.6 cm³/mol. The van der Waals surface area contributed by atoms with E-state index in [0.29, 0.717) is 12.3 Å². The van der Waals surface area contributed by atoms with Gasteiger partial charge in [-0.1, -0.05) is 51.2 Å². The Kier molecular flexibility index (Phi) is 10.4. The van der Waals surface area contributed by atoms with Gasteiger partial charge < -0.3 is 10.5 Å². The second kappa shape index (κ2) is 11.8. The molecule has 0 heterocycles. The van der Waals surface area contributed by atoms with Gasteiger partial charge in [0.25, 0.3) is 0 Å². The standard InChI is InChI=1S/C17H18N2O2.C2H6/c1-4-16(19-13(3)18)12-10-14-7-6-8-15(11-9-14)17(20)21-5-2;1-2/h4,6-9,11,15H,1,3,5,18H2,2H3;1-2H3/b19-16+;. The first-order valence-electron chi connectivity index (χ1n) is 7.47. The second-order valence-corrected chi connectivity index (χ2v) is 4.09. The number of nitrogens with two attached hydrogens (primary N) is 1. The van der Waals surface area contributed by atoms with Crippen LogP contribution in [-0.2, 0) is 9.53 Å². The lowest BCUT2D eigenvalue weighted by Gasteiger charge is -2.05. The van der Waals surface area contributed by atoms with Crippen molar-refractivity contribution in [2.75, 3.05) is 6.61 Å². The molecule has 4 heteroatoms. The Labute approximate surface area is 138 Å². The van der Waals surface area contributed by atoms with Crippen molar-refractivity contribution in [1.82, 2.24) is 0 Å². The van der Waals surface area contributed by atoms with Crippen LogP contribution >= 0.6 is 0 Å². The zero-order chi connectivity index (χ0) is 17.7. The summed E-state index contributed by atoms with van der Waals surface area (Å²) in [5.41, 5.74) is 6.58. The Morgan fingerprint density at radius 2 is 2.17 bits per heavy atom. The van der Waals surface area contributed by atoms with Crippen LogP contribution in [0.3, 0.4) is 0 Å². The summed E-state index contributed by atoms with van der Waals surface area (Å²) in [5, 5.41) is 0. The molecular formula is C19H24N2O2. The van der Waals surface area contributed by atoms with Crippen molar-refractivity contribution in [3.63, 3.8) is 0 Å². The van der Waals surface area contributed by atoms with E-state index < -0.39 is 5.92 Å². The van der Waals surface area contributed by atoms with Gasteiger partial charge in [-0.3, -0.25) is 4.79 Å². The van der Waals surface area contributed by atoms with Crippen molar-refractivity contribution in [2.45, 2.75) is 20.8 Å². The first kappa shape index (κ1) is 20.2. The Morgan fingerprint density at radius 1 is 1.48 bits per heavy atom. The number of allylic oxidation sites excluding steroid dienone is 5. The van der Waals surface area contributed by atoms with Crippen molar-refractivity contribution < 1.29 is 9.53 Å². The number of hydrogen-bond donors (Lipinski definition) is 1. The molecule has 23 heavy (non-hydrogen) atoms. The molecule has 1 rings (SSSR count). The van der Waals surface area contributed by atoms with Gasteiger partial charge in [0.15, 0.2) is 0 Å². The third-order valence-electron chi connectivity index (χ3n) is 2.43. The van der Waals surface area contributed by atoms with Gasteiger partial charge in [-0.15, -0.1) is 0 Å². The van der Waals surface area contributed by atoms with Gasteiger partial charge >= 0.3 is 5.97 Å². The van der Waals surface area contributed by atoms with Crippen molar-refractivity contribution >= 4 is 11.7 Å². The fraction of sp³-hybridized carbons (Fsp3) is 0.263. The number of ether oxygens (including phenoxy) is 1. The lowest BCUT2D eigenvalue weighted by Crippen LogP contribution is -2.13. The molecule has 0 amide bonds. The number of hydrogen-bond acceptors (Lipinski definition) is 4. The maximum atomic E-state index is 11.7. The quantitative estimate of drug-likeness (QED) is 0.492. The van der Waals surface area contributed by atoms with Crippen molar-refractivity contribution in [3.05, 3.63) is 61.0 Å². The van der Waals surface area contributed by atoms with Crippen LogP contribution in [0.25, 0.3) is 0 Å². The van der Waals surface area contributed by atoms with Crippen LogP contribution in [-0.4, -0.2) is 18.3 Å². The van der Waals surface area contributed by atoms with E-state index in [1.807, 2.05) is 13.8 Å². The lowest BCUT2D eigenvalue weighted by atomic mass is 10.1. The van der Waals surface area contributed by atoms with Crippen LogP contribution in [0.4, 0.5) is 0 Å². The van der Waals surface area contributed by atoms with Gasteiger partial charge in [-0.05, 0) is 31.1 Å². The van der Waals surface area contributed by atoms with E-state index in [-0.39, 0.29) is 11.8 Å². The first-order chi connectivity index (χ1) is 11.1. The second-order valence-electron chi connectivity index (χ2n) is 4.09. The summed E-state index contributed by atoms with van der Waals surface area (Å²) in [6, 6.07) is 0. The minimum absolute atomic E-state index is 0.173. The molecule has 2 N–H and O–H groups in total. The van der Waals surface area contributed by atoms with Crippen LogP contribution in [0.2, 0.25) is 0 Å². The highest BCUT2D eigenvalue weighted by atomic mass is 16.5. The van der Waals surface area contributed by atoms with E-state index in [1.54, 1.807) is 37.3 Å². The maximum absolute atomic E-state index is 11.7. The van der Waals surface area contributed by atoms with Crippen LogP contribution in [0, 0.1) is 17.8 Å². The highest BCUT2D eigenvalue weighted by Crippen LogP contribution is 2.11. The smallest absolute Gasteiger partial charge is 0.316 e. The van der Waals surface area contributed by atoms with E-state index in [1.165, 1.54) is 6.08 Å². The fourth-order valence-electron chi connectivity index (χ4n) is 1.50. The topological polar surface area (TPSA) is 64.7 Å². The molecule has 1 unspecified atom stereocenters. The fourth-order valence-corrected chi connectivity index (χ4v) is 1.50. The molecule has 0 saturated carbocycles. The average Bonchev–Trinajstić information content (AvgIpc) is 2.79. The van der Waals surface area contributed by atoms with Gasteiger partial charge in [-0.25, -0.2) is 4.99 Å². The molecule has 0 aromatic rings. The number of carbonyl (C=O) groups excluding carboxylic acids is 1. The summed E-state index contributed by atoms with van der Waals surface area (Å²) < 4.78 is 4.97. The Bertz CT molecular complexity index is 611. The molecule has 0 aromatic heterocycles. The van der Waals surface area contributed by atoms with Gasteiger partial charge in [-0.2, -0.15) is 0 Å². The molecule has 4 nitrogen and oxygen atoms in total. The zero-order valence-electron chi connectivity index (χ0n) is 14.0. The van der Waals surface area contributed by atoms with E-state index in [9.17, 15) is 4.79 Å². The monoisotopic (exact) mass is 312 g/mol. The molecule has 0 aliphatic heterocycles. The molecule has 0 radical (unpaired) electrons. The molecule has 0 saturated heterocycles. The molecule has 0 aromatic carbocycles. The highest BCUT2D eigenvalue weighted by molar-refractivity contribution is 6.09. The molecular weight excluding hydrogens is 288 g/mol. The third kappa shape index (κ3) is 8.27. The third-order valence-corrected chi connectivity index (χ3v) is 2.43. The van der Waals surface area contributed by atoms with E-state index >= 15 is 0 Å². The largest absolute Gasteiger partial charge is 0.465 e. The lowest BCUT2D eigenvalue weighted by molar-refractivity contribution is -0.144. The Hall–Kier alpha value is -2.80. The van der Waals surface area contributed by atoms with Gasteiger partial charge in [0, 0.05) is 5.57 Å². The highest BCUT2D eigenvalue weighted by Gasteiger charge is 2.13. The van der Waals surface area contributed by atoms with Crippen molar-refractivity contribution in [2.24, 2.45) is 16.6 Å².